The molecule has 0 bridgehead atoms. The van der Waals surface area contributed by atoms with Crippen molar-refractivity contribution in [2.75, 3.05) is 6.54 Å². The predicted octanol–water partition coefficient (Wildman–Crippen LogP) is -0.121. The molecular formula is C17H23N3O5. The Morgan fingerprint density at radius 1 is 1.12 bits per heavy atom. The molecule has 0 aliphatic carbocycles. The van der Waals surface area contributed by atoms with Crippen LogP contribution in [-0.2, 0) is 25.6 Å². The molecule has 1 unspecified atom stereocenters. The number of hydrogen-bond acceptors (Lipinski definition) is 4. The maximum Gasteiger partial charge on any atom is 0.303 e. The Bertz CT molecular complexity index is 628. The largest absolute Gasteiger partial charge is 0.481 e. The Hall–Kier alpha value is -2.90. The molecule has 1 aromatic rings. The Morgan fingerprint density at radius 3 is 2.32 bits per heavy atom. The molecule has 0 fully saturated rings. The first kappa shape index (κ1) is 20.1. The molecule has 0 radical (unpaired) electrons. The summed E-state index contributed by atoms with van der Waals surface area (Å²) in [5.41, 5.74) is 7.06. The van der Waals surface area contributed by atoms with E-state index in [1.807, 2.05) is 31.2 Å². The average molecular weight is 349 g/mol. The molecule has 8 nitrogen and oxygen atoms in total. The van der Waals surface area contributed by atoms with Crippen LogP contribution in [0.5, 0.6) is 0 Å². The van der Waals surface area contributed by atoms with Crippen LogP contribution in [0.1, 0.15) is 30.4 Å². The predicted molar refractivity (Wildman–Crippen MR) is 90.5 cm³/mol. The zero-order valence-corrected chi connectivity index (χ0v) is 14.1. The third-order valence-corrected chi connectivity index (χ3v) is 3.50. The highest BCUT2D eigenvalue weighted by atomic mass is 16.4. The highest BCUT2D eigenvalue weighted by molar-refractivity contribution is 5.90. The zero-order chi connectivity index (χ0) is 18.8. The van der Waals surface area contributed by atoms with E-state index in [9.17, 15) is 19.2 Å². The van der Waals surface area contributed by atoms with Gasteiger partial charge in [-0.25, -0.2) is 0 Å². The number of aryl methyl sites for hydroxylation is 2. The standard InChI is InChI=1S/C17H23N3O5/c1-11-2-4-12(5-3-11)6-8-15(22)20-13(7-9-16(23)24)17(25)19-10-14(18)21/h2-5,13H,6-10H2,1H3,(H2,18,21)(H,19,25)(H,20,22)(H,23,24). The number of carbonyl (C=O) groups is 4. The molecule has 0 saturated carbocycles. The van der Waals surface area contributed by atoms with E-state index in [0.717, 1.165) is 11.1 Å². The summed E-state index contributed by atoms with van der Waals surface area (Å²) in [6.07, 6.45) is 0.305. The van der Waals surface area contributed by atoms with Gasteiger partial charge in [-0.2, -0.15) is 0 Å². The number of amides is 3. The maximum absolute atomic E-state index is 12.1. The highest BCUT2D eigenvalue weighted by Gasteiger charge is 2.21. The van der Waals surface area contributed by atoms with Gasteiger partial charge in [0.25, 0.3) is 0 Å². The summed E-state index contributed by atoms with van der Waals surface area (Å²) in [5, 5.41) is 13.5. The van der Waals surface area contributed by atoms with E-state index >= 15 is 0 Å². The Labute approximate surface area is 145 Å². The van der Waals surface area contributed by atoms with Crippen LogP contribution in [0.3, 0.4) is 0 Å². The number of carboxylic acid groups (broad SMARTS) is 1. The number of benzene rings is 1. The lowest BCUT2D eigenvalue weighted by Gasteiger charge is -2.17. The average Bonchev–Trinajstić information content (AvgIpc) is 2.55. The van der Waals surface area contributed by atoms with Gasteiger partial charge in [-0.3, -0.25) is 19.2 Å². The fourth-order valence-electron chi connectivity index (χ4n) is 2.11. The molecule has 0 saturated heterocycles. The lowest BCUT2D eigenvalue weighted by Crippen LogP contribution is -2.48. The van der Waals surface area contributed by atoms with E-state index < -0.39 is 23.8 Å². The van der Waals surface area contributed by atoms with Crippen LogP contribution in [0.2, 0.25) is 0 Å². The Morgan fingerprint density at radius 2 is 1.76 bits per heavy atom. The van der Waals surface area contributed by atoms with Crippen molar-refractivity contribution in [2.45, 2.75) is 38.6 Å². The Kier molecular flexibility index (Phi) is 8.11. The van der Waals surface area contributed by atoms with Gasteiger partial charge < -0.3 is 21.5 Å². The number of carboxylic acids is 1. The van der Waals surface area contributed by atoms with Crippen LogP contribution in [0.25, 0.3) is 0 Å². The zero-order valence-electron chi connectivity index (χ0n) is 14.1. The second kappa shape index (κ2) is 10.1. The van der Waals surface area contributed by atoms with Crippen molar-refractivity contribution < 1.29 is 24.3 Å². The van der Waals surface area contributed by atoms with Crippen LogP contribution in [0.4, 0.5) is 0 Å². The van der Waals surface area contributed by atoms with E-state index in [4.69, 9.17) is 10.8 Å². The van der Waals surface area contributed by atoms with Gasteiger partial charge in [-0.1, -0.05) is 29.8 Å². The first-order valence-corrected chi connectivity index (χ1v) is 7.90. The van der Waals surface area contributed by atoms with E-state index in [-0.39, 0.29) is 31.7 Å². The van der Waals surface area contributed by atoms with Gasteiger partial charge >= 0.3 is 5.97 Å². The monoisotopic (exact) mass is 349 g/mol. The van der Waals surface area contributed by atoms with Crippen molar-refractivity contribution in [1.82, 2.24) is 10.6 Å². The molecule has 1 atom stereocenters. The molecule has 5 N–H and O–H groups in total. The third-order valence-electron chi connectivity index (χ3n) is 3.50. The minimum absolute atomic E-state index is 0.0732. The summed E-state index contributed by atoms with van der Waals surface area (Å²) < 4.78 is 0. The maximum atomic E-state index is 12.1. The van der Waals surface area contributed by atoms with Crippen LogP contribution in [0, 0.1) is 6.92 Å². The summed E-state index contributed by atoms with van der Waals surface area (Å²) in [6.45, 7) is 1.59. The first-order valence-electron chi connectivity index (χ1n) is 7.90. The molecule has 0 heterocycles. The smallest absolute Gasteiger partial charge is 0.303 e. The lowest BCUT2D eigenvalue weighted by atomic mass is 10.1. The molecule has 8 heteroatoms. The van der Waals surface area contributed by atoms with Gasteiger partial charge in [0.2, 0.25) is 17.7 Å². The molecule has 0 aliphatic heterocycles. The number of rotatable bonds is 10. The molecule has 25 heavy (non-hydrogen) atoms. The van der Waals surface area contributed by atoms with Crippen molar-refractivity contribution in [3.63, 3.8) is 0 Å². The molecule has 0 aliphatic rings. The van der Waals surface area contributed by atoms with Crippen molar-refractivity contribution in [3.8, 4) is 0 Å². The fourth-order valence-corrected chi connectivity index (χ4v) is 2.11. The van der Waals surface area contributed by atoms with E-state index in [1.54, 1.807) is 0 Å². The van der Waals surface area contributed by atoms with Gasteiger partial charge in [0.1, 0.15) is 6.04 Å². The molecular weight excluding hydrogens is 326 g/mol. The minimum atomic E-state index is -1.08. The molecule has 0 aromatic heterocycles. The number of primary amides is 1. The highest BCUT2D eigenvalue weighted by Crippen LogP contribution is 2.06. The van der Waals surface area contributed by atoms with Crippen LogP contribution in [0.15, 0.2) is 24.3 Å². The summed E-state index contributed by atoms with van der Waals surface area (Å²) >= 11 is 0. The van der Waals surface area contributed by atoms with Gasteiger partial charge in [0.05, 0.1) is 6.54 Å². The van der Waals surface area contributed by atoms with Crippen molar-refractivity contribution in [2.24, 2.45) is 5.73 Å². The first-order chi connectivity index (χ1) is 11.8. The molecule has 1 aromatic carbocycles. The number of carbonyl (C=O) groups excluding carboxylic acids is 3. The molecule has 136 valence electrons. The van der Waals surface area contributed by atoms with Crippen LogP contribution in [-0.4, -0.2) is 41.4 Å². The number of aliphatic carboxylic acids is 1. The van der Waals surface area contributed by atoms with E-state index in [0.29, 0.717) is 6.42 Å². The van der Waals surface area contributed by atoms with Crippen LogP contribution < -0.4 is 16.4 Å². The number of hydrogen-bond donors (Lipinski definition) is 4. The lowest BCUT2D eigenvalue weighted by molar-refractivity contribution is -0.138. The minimum Gasteiger partial charge on any atom is -0.481 e. The summed E-state index contributed by atoms with van der Waals surface area (Å²) in [5.74, 6) is -2.81. The normalized spacial score (nSPS) is 11.4. The Balaban J connectivity index is 2.56. The van der Waals surface area contributed by atoms with Crippen LogP contribution >= 0.6 is 0 Å². The molecule has 1 rings (SSSR count). The van der Waals surface area contributed by atoms with Gasteiger partial charge in [-0.05, 0) is 25.3 Å². The molecule has 3 amide bonds. The quantitative estimate of drug-likeness (QED) is 0.466. The molecule has 0 spiro atoms. The van der Waals surface area contributed by atoms with Gasteiger partial charge in [0.15, 0.2) is 0 Å². The SMILES string of the molecule is Cc1ccc(CCC(=O)NC(CCC(=O)O)C(=O)NCC(N)=O)cc1. The fraction of sp³-hybridized carbons (Fsp3) is 0.412. The van der Waals surface area contributed by atoms with Crippen molar-refractivity contribution >= 4 is 23.7 Å². The van der Waals surface area contributed by atoms with Gasteiger partial charge in [-0.15, -0.1) is 0 Å². The second-order valence-electron chi connectivity index (χ2n) is 5.72. The van der Waals surface area contributed by atoms with Crippen molar-refractivity contribution in [3.05, 3.63) is 35.4 Å². The second-order valence-corrected chi connectivity index (χ2v) is 5.72. The topological polar surface area (TPSA) is 139 Å². The van der Waals surface area contributed by atoms with Crippen molar-refractivity contribution in [1.29, 1.82) is 0 Å². The summed E-state index contributed by atoms with van der Waals surface area (Å²) in [7, 11) is 0. The summed E-state index contributed by atoms with van der Waals surface area (Å²) in [4.78, 5) is 45.5. The van der Waals surface area contributed by atoms with E-state index in [1.165, 1.54) is 0 Å². The van der Waals surface area contributed by atoms with E-state index in [2.05, 4.69) is 10.6 Å². The third kappa shape index (κ3) is 8.50. The van der Waals surface area contributed by atoms with Gasteiger partial charge in [0, 0.05) is 12.8 Å². The number of nitrogens with two attached hydrogens (primary N) is 1. The number of nitrogens with one attached hydrogen (secondary N) is 2. The summed E-state index contributed by atoms with van der Waals surface area (Å²) in [6, 6.07) is 6.70.